The van der Waals surface area contributed by atoms with Gasteiger partial charge in [-0.15, -0.1) is 0 Å². The summed E-state index contributed by atoms with van der Waals surface area (Å²) in [6.07, 6.45) is 6.99. The van der Waals surface area contributed by atoms with E-state index in [4.69, 9.17) is 4.74 Å². The van der Waals surface area contributed by atoms with Crippen LogP contribution >= 0.6 is 0 Å². The van der Waals surface area contributed by atoms with E-state index in [1.165, 1.54) is 5.56 Å². The van der Waals surface area contributed by atoms with Crippen LogP contribution in [0, 0.1) is 0 Å². The highest BCUT2D eigenvalue weighted by molar-refractivity contribution is 5.26. The molecule has 0 aliphatic rings. The van der Waals surface area contributed by atoms with E-state index in [1.54, 1.807) is 18.6 Å². The fourth-order valence-electron chi connectivity index (χ4n) is 1.80. The fourth-order valence-corrected chi connectivity index (χ4v) is 1.80. The molecule has 0 saturated heterocycles. The zero-order chi connectivity index (χ0) is 12.9. The van der Waals surface area contributed by atoms with Gasteiger partial charge < -0.3 is 4.74 Å². The molecular formula is C15H13N3O. The molecule has 4 heteroatoms. The van der Waals surface area contributed by atoms with Crippen molar-refractivity contribution in [3.8, 4) is 11.5 Å². The number of hydrogen-bond donors (Lipinski definition) is 0. The summed E-state index contributed by atoms with van der Waals surface area (Å²) in [6.45, 7) is 0.737. The molecule has 0 saturated carbocycles. The number of ether oxygens (including phenoxy) is 1. The molecule has 0 aliphatic carbocycles. The molecule has 0 N–H and O–H groups in total. The molecule has 0 bridgehead atoms. The van der Waals surface area contributed by atoms with Crippen molar-refractivity contribution in [3.63, 3.8) is 0 Å². The van der Waals surface area contributed by atoms with E-state index < -0.39 is 0 Å². The summed E-state index contributed by atoms with van der Waals surface area (Å²) in [4.78, 5) is 3.95. The molecule has 0 fully saturated rings. The van der Waals surface area contributed by atoms with E-state index in [0.717, 1.165) is 18.0 Å². The van der Waals surface area contributed by atoms with Gasteiger partial charge in [0.2, 0.25) is 0 Å². The molecule has 0 unspecified atom stereocenters. The van der Waals surface area contributed by atoms with Gasteiger partial charge in [0.15, 0.2) is 5.75 Å². The van der Waals surface area contributed by atoms with Crippen LogP contribution in [0.3, 0.4) is 0 Å². The lowest BCUT2D eigenvalue weighted by molar-refractivity contribution is 0.481. The minimum absolute atomic E-state index is 0.724. The number of rotatable bonds is 4. The average molecular weight is 251 g/mol. The Bertz CT molecular complexity index is 579. The predicted octanol–water partition coefficient (Wildman–Crippen LogP) is 3.12. The van der Waals surface area contributed by atoms with Crippen LogP contribution in [0.4, 0.5) is 0 Å². The van der Waals surface area contributed by atoms with Gasteiger partial charge >= 0.3 is 0 Å². The van der Waals surface area contributed by atoms with Gasteiger partial charge in [0, 0.05) is 12.4 Å². The van der Waals surface area contributed by atoms with Gasteiger partial charge in [-0.2, -0.15) is 5.10 Å². The number of nitrogens with zero attached hydrogens (tertiary/aromatic N) is 3. The van der Waals surface area contributed by atoms with Gasteiger partial charge in [0.25, 0.3) is 0 Å². The lowest BCUT2D eigenvalue weighted by Gasteiger charge is -2.02. The Balaban J connectivity index is 1.70. The molecule has 1 aromatic carbocycles. The molecule has 3 aromatic rings. The van der Waals surface area contributed by atoms with Crippen LogP contribution in [-0.2, 0) is 6.54 Å². The van der Waals surface area contributed by atoms with Crippen LogP contribution < -0.4 is 4.74 Å². The van der Waals surface area contributed by atoms with Crippen LogP contribution in [0.1, 0.15) is 5.56 Å². The topological polar surface area (TPSA) is 39.9 Å². The van der Waals surface area contributed by atoms with Crippen LogP contribution in [-0.4, -0.2) is 14.8 Å². The Hall–Kier alpha value is -2.62. The van der Waals surface area contributed by atoms with Crippen LogP contribution in [0.2, 0.25) is 0 Å². The molecule has 3 rings (SSSR count). The summed E-state index contributed by atoms with van der Waals surface area (Å²) in [5.41, 5.74) is 1.21. The molecule has 0 aliphatic heterocycles. The number of benzene rings is 1. The largest absolute Gasteiger partial charge is 0.454 e. The van der Waals surface area contributed by atoms with Gasteiger partial charge in [0.1, 0.15) is 5.75 Å². The Labute approximate surface area is 111 Å². The predicted molar refractivity (Wildman–Crippen MR) is 72.1 cm³/mol. The van der Waals surface area contributed by atoms with E-state index >= 15 is 0 Å². The quantitative estimate of drug-likeness (QED) is 0.715. The Morgan fingerprint density at radius 2 is 1.74 bits per heavy atom. The van der Waals surface area contributed by atoms with E-state index in [0.29, 0.717) is 0 Å². The highest BCUT2D eigenvalue weighted by atomic mass is 16.5. The lowest BCUT2D eigenvalue weighted by atomic mass is 10.2. The highest BCUT2D eigenvalue weighted by Crippen LogP contribution is 2.19. The van der Waals surface area contributed by atoms with Crippen LogP contribution in [0.5, 0.6) is 11.5 Å². The third-order valence-electron chi connectivity index (χ3n) is 2.68. The molecular weight excluding hydrogens is 238 g/mol. The van der Waals surface area contributed by atoms with Gasteiger partial charge in [-0.3, -0.25) is 9.67 Å². The monoisotopic (exact) mass is 251 g/mol. The minimum atomic E-state index is 0.724. The third-order valence-corrected chi connectivity index (χ3v) is 2.68. The van der Waals surface area contributed by atoms with Gasteiger partial charge in [-0.25, -0.2) is 0 Å². The first-order valence-electron chi connectivity index (χ1n) is 6.04. The summed E-state index contributed by atoms with van der Waals surface area (Å²) in [7, 11) is 0. The summed E-state index contributed by atoms with van der Waals surface area (Å²) in [5.74, 6) is 1.48. The first kappa shape index (κ1) is 11.5. The van der Waals surface area contributed by atoms with Gasteiger partial charge in [-0.05, 0) is 17.7 Å². The van der Waals surface area contributed by atoms with Crippen molar-refractivity contribution in [1.82, 2.24) is 14.8 Å². The van der Waals surface area contributed by atoms with E-state index in [2.05, 4.69) is 22.2 Å². The maximum atomic E-state index is 5.67. The van der Waals surface area contributed by atoms with Gasteiger partial charge in [0.05, 0.1) is 18.9 Å². The maximum absolute atomic E-state index is 5.67. The third kappa shape index (κ3) is 2.98. The molecule has 0 radical (unpaired) electrons. The molecule has 19 heavy (non-hydrogen) atoms. The summed E-state index contributed by atoms with van der Waals surface area (Å²) < 4.78 is 7.53. The molecule has 0 atom stereocenters. The van der Waals surface area contributed by atoms with Crippen LogP contribution in [0.15, 0.2) is 67.3 Å². The molecule has 2 heterocycles. The zero-order valence-corrected chi connectivity index (χ0v) is 10.3. The van der Waals surface area contributed by atoms with Crippen molar-refractivity contribution in [2.75, 3.05) is 0 Å². The van der Waals surface area contributed by atoms with Crippen molar-refractivity contribution in [2.45, 2.75) is 6.54 Å². The second kappa shape index (κ2) is 5.35. The van der Waals surface area contributed by atoms with E-state index in [9.17, 15) is 0 Å². The van der Waals surface area contributed by atoms with Crippen molar-refractivity contribution < 1.29 is 4.74 Å². The van der Waals surface area contributed by atoms with Crippen molar-refractivity contribution >= 4 is 0 Å². The summed E-state index contributed by atoms with van der Waals surface area (Å²) in [5, 5.41) is 4.28. The second-order valence-electron chi connectivity index (χ2n) is 4.14. The van der Waals surface area contributed by atoms with Crippen molar-refractivity contribution in [1.29, 1.82) is 0 Å². The van der Waals surface area contributed by atoms with Crippen molar-refractivity contribution in [3.05, 3.63) is 72.8 Å². The SMILES string of the molecule is c1ccc(Cn2cc(Oc3ccncc3)cn2)cc1. The van der Waals surface area contributed by atoms with Crippen LogP contribution in [0.25, 0.3) is 0 Å². The Morgan fingerprint density at radius 1 is 0.947 bits per heavy atom. The van der Waals surface area contributed by atoms with E-state index in [-0.39, 0.29) is 0 Å². The smallest absolute Gasteiger partial charge is 0.165 e. The first-order valence-corrected chi connectivity index (χ1v) is 6.04. The minimum Gasteiger partial charge on any atom is -0.454 e. The number of pyridine rings is 1. The average Bonchev–Trinajstić information content (AvgIpc) is 2.88. The highest BCUT2D eigenvalue weighted by Gasteiger charge is 2.01. The fraction of sp³-hybridized carbons (Fsp3) is 0.0667. The normalized spacial score (nSPS) is 10.3. The molecule has 94 valence electrons. The van der Waals surface area contributed by atoms with Crippen molar-refractivity contribution in [2.24, 2.45) is 0 Å². The van der Waals surface area contributed by atoms with Gasteiger partial charge in [-0.1, -0.05) is 30.3 Å². The first-order chi connectivity index (χ1) is 9.40. The molecule has 0 amide bonds. The Kier molecular flexibility index (Phi) is 3.23. The zero-order valence-electron chi connectivity index (χ0n) is 10.3. The molecule has 2 aromatic heterocycles. The second-order valence-corrected chi connectivity index (χ2v) is 4.14. The lowest BCUT2D eigenvalue weighted by Crippen LogP contribution is -1.99. The number of hydrogen-bond acceptors (Lipinski definition) is 3. The molecule has 0 spiro atoms. The number of aromatic nitrogens is 3. The Morgan fingerprint density at radius 3 is 2.53 bits per heavy atom. The van der Waals surface area contributed by atoms with E-state index in [1.807, 2.05) is 41.2 Å². The summed E-state index contributed by atoms with van der Waals surface area (Å²) >= 11 is 0. The standard InChI is InChI=1S/C15H13N3O/c1-2-4-13(5-3-1)11-18-12-15(10-17-18)19-14-6-8-16-9-7-14/h1-10,12H,11H2. The summed E-state index contributed by atoms with van der Waals surface area (Å²) in [6, 6.07) is 13.8. The maximum Gasteiger partial charge on any atom is 0.165 e. The molecule has 4 nitrogen and oxygen atoms in total.